The second-order valence-corrected chi connectivity index (χ2v) is 4.89. The minimum Gasteiger partial charge on any atom is -0.490 e. The quantitative estimate of drug-likeness (QED) is 0.818. The van der Waals surface area contributed by atoms with Crippen molar-refractivity contribution in [2.45, 2.75) is 26.9 Å². The van der Waals surface area contributed by atoms with Crippen molar-refractivity contribution in [1.82, 2.24) is 4.90 Å². The summed E-state index contributed by atoms with van der Waals surface area (Å²) < 4.78 is 11.4. The molecule has 104 valence electrons. The van der Waals surface area contributed by atoms with Gasteiger partial charge in [-0.25, -0.2) is 0 Å². The monoisotopic (exact) mass is 262 g/mol. The zero-order chi connectivity index (χ0) is 13.8. The first-order chi connectivity index (χ1) is 9.11. The van der Waals surface area contributed by atoms with Crippen LogP contribution in [-0.4, -0.2) is 43.6 Å². The number of nitrogens with zero attached hydrogens (tertiary/aromatic N) is 2. The molecule has 1 heterocycles. The molecule has 1 aliphatic heterocycles. The van der Waals surface area contributed by atoms with E-state index in [2.05, 4.69) is 16.9 Å². The second kappa shape index (κ2) is 5.95. The zero-order valence-corrected chi connectivity index (χ0v) is 12.1. The summed E-state index contributed by atoms with van der Waals surface area (Å²) in [6.07, 6.45) is 0.136. The summed E-state index contributed by atoms with van der Waals surface area (Å²) in [6, 6.07) is 6.03. The largest absolute Gasteiger partial charge is 0.490 e. The van der Waals surface area contributed by atoms with E-state index in [1.165, 1.54) is 0 Å². The first-order valence-corrected chi connectivity index (χ1v) is 6.81. The maximum absolute atomic E-state index is 5.76. The average molecular weight is 262 g/mol. The highest BCUT2D eigenvalue weighted by Gasteiger charge is 2.17. The fourth-order valence-corrected chi connectivity index (χ4v) is 2.11. The Labute approximate surface area is 115 Å². The predicted molar refractivity (Wildman–Crippen MR) is 77.4 cm³/mol. The Bertz CT molecular complexity index is 469. The van der Waals surface area contributed by atoms with Gasteiger partial charge in [-0.3, -0.25) is 4.99 Å². The molecule has 0 saturated carbocycles. The van der Waals surface area contributed by atoms with Crippen LogP contribution in [0.1, 0.15) is 26.3 Å². The molecule has 0 unspecified atom stereocenters. The van der Waals surface area contributed by atoms with Gasteiger partial charge in [-0.2, -0.15) is 0 Å². The van der Waals surface area contributed by atoms with Gasteiger partial charge in [0, 0.05) is 19.2 Å². The average Bonchev–Trinajstić information content (AvgIpc) is 2.77. The molecule has 4 nitrogen and oxygen atoms in total. The molecule has 0 saturated heterocycles. The van der Waals surface area contributed by atoms with Crippen LogP contribution < -0.4 is 9.47 Å². The number of hydrogen-bond acceptors (Lipinski definition) is 4. The fourth-order valence-electron chi connectivity index (χ4n) is 2.11. The van der Waals surface area contributed by atoms with Gasteiger partial charge in [0.25, 0.3) is 0 Å². The van der Waals surface area contributed by atoms with Crippen molar-refractivity contribution < 1.29 is 9.47 Å². The Kier molecular flexibility index (Phi) is 4.30. The summed E-state index contributed by atoms with van der Waals surface area (Å²) in [5.74, 6) is 2.61. The van der Waals surface area contributed by atoms with Gasteiger partial charge in [0.1, 0.15) is 5.84 Å². The van der Waals surface area contributed by atoms with Gasteiger partial charge >= 0.3 is 0 Å². The third-order valence-electron chi connectivity index (χ3n) is 2.92. The van der Waals surface area contributed by atoms with Gasteiger partial charge in [0.15, 0.2) is 11.5 Å². The highest BCUT2D eigenvalue weighted by atomic mass is 16.5. The number of ether oxygens (including phenoxy) is 2. The van der Waals surface area contributed by atoms with E-state index in [-0.39, 0.29) is 6.10 Å². The standard InChI is InChI=1S/C15H22N2O2/c1-5-18-14-10-12(15-16-8-9-17(15)4)6-7-13(14)19-11(2)3/h6-7,10-11H,5,8-9H2,1-4H3. The van der Waals surface area contributed by atoms with E-state index in [1.807, 2.05) is 39.0 Å². The van der Waals surface area contributed by atoms with E-state index in [9.17, 15) is 0 Å². The number of hydrogen-bond donors (Lipinski definition) is 0. The van der Waals surface area contributed by atoms with Crippen LogP contribution in [0, 0.1) is 0 Å². The normalized spacial score (nSPS) is 14.8. The summed E-state index contributed by atoms with van der Waals surface area (Å²) in [5.41, 5.74) is 1.08. The molecule has 0 aromatic heterocycles. The molecule has 0 radical (unpaired) electrons. The lowest BCUT2D eigenvalue weighted by Gasteiger charge is -2.18. The molecular weight excluding hydrogens is 240 g/mol. The van der Waals surface area contributed by atoms with E-state index in [1.54, 1.807) is 0 Å². The van der Waals surface area contributed by atoms with Crippen LogP contribution in [0.2, 0.25) is 0 Å². The minimum absolute atomic E-state index is 0.136. The van der Waals surface area contributed by atoms with Crippen LogP contribution in [0.4, 0.5) is 0 Å². The van der Waals surface area contributed by atoms with Gasteiger partial charge in [0.2, 0.25) is 0 Å². The van der Waals surface area contributed by atoms with Crippen molar-refractivity contribution in [3.05, 3.63) is 23.8 Å². The van der Waals surface area contributed by atoms with Crippen molar-refractivity contribution in [2.75, 3.05) is 26.7 Å². The summed E-state index contributed by atoms with van der Waals surface area (Å²) in [6.45, 7) is 8.46. The van der Waals surface area contributed by atoms with Crippen LogP contribution in [0.15, 0.2) is 23.2 Å². The molecule has 2 rings (SSSR count). The number of amidine groups is 1. The Morgan fingerprint density at radius 1 is 1.32 bits per heavy atom. The number of benzene rings is 1. The molecule has 4 heteroatoms. The van der Waals surface area contributed by atoms with E-state index in [0.717, 1.165) is 36.0 Å². The zero-order valence-electron chi connectivity index (χ0n) is 12.1. The topological polar surface area (TPSA) is 34.1 Å². The molecule has 0 bridgehead atoms. The molecule has 0 N–H and O–H groups in total. The first-order valence-electron chi connectivity index (χ1n) is 6.81. The third-order valence-corrected chi connectivity index (χ3v) is 2.92. The first kappa shape index (κ1) is 13.7. The molecule has 0 fully saturated rings. The maximum Gasteiger partial charge on any atom is 0.161 e. The highest BCUT2D eigenvalue weighted by Crippen LogP contribution is 2.30. The second-order valence-electron chi connectivity index (χ2n) is 4.89. The van der Waals surface area contributed by atoms with Crippen LogP contribution in [-0.2, 0) is 0 Å². The molecule has 0 spiro atoms. The summed E-state index contributed by atoms with van der Waals surface area (Å²) in [7, 11) is 2.06. The summed E-state index contributed by atoms with van der Waals surface area (Å²) in [4.78, 5) is 6.69. The summed E-state index contributed by atoms with van der Waals surface area (Å²) >= 11 is 0. The lowest BCUT2D eigenvalue weighted by molar-refractivity contribution is 0.224. The van der Waals surface area contributed by atoms with Crippen LogP contribution in [0.5, 0.6) is 11.5 Å². The van der Waals surface area contributed by atoms with Crippen molar-refractivity contribution in [3.8, 4) is 11.5 Å². The van der Waals surface area contributed by atoms with Gasteiger partial charge in [-0.05, 0) is 39.0 Å². The third kappa shape index (κ3) is 3.19. The Morgan fingerprint density at radius 2 is 2.11 bits per heavy atom. The van der Waals surface area contributed by atoms with E-state index < -0.39 is 0 Å². The van der Waals surface area contributed by atoms with Crippen LogP contribution >= 0.6 is 0 Å². The van der Waals surface area contributed by atoms with E-state index in [0.29, 0.717) is 6.61 Å². The van der Waals surface area contributed by atoms with E-state index >= 15 is 0 Å². The lowest BCUT2D eigenvalue weighted by atomic mass is 10.1. The molecule has 0 amide bonds. The van der Waals surface area contributed by atoms with Gasteiger partial charge in [-0.1, -0.05) is 0 Å². The minimum atomic E-state index is 0.136. The number of likely N-dealkylation sites (N-methyl/N-ethyl adjacent to an activating group) is 1. The number of rotatable bonds is 5. The van der Waals surface area contributed by atoms with Crippen LogP contribution in [0.3, 0.4) is 0 Å². The Balaban J connectivity index is 2.30. The van der Waals surface area contributed by atoms with E-state index in [4.69, 9.17) is 9.47 Å². The Morgan fingerprint density at radius 3 is 2.68 bits per heavy atom. The summed E-state index contributed by atoms with van der Waals surface area (Å²) in [5, 5.41) is 0. The van der Waals surface area contributed by atoms with Gasteiger partial charge in [0.05, 0.1) is 19.3 Å². The molecule has 1 aromatic rings. The maximum atomic E-state index is 5.76. The van der Waals surface area contributed by atoms with Crippen molar-refractivity contribution >= 4 is 5.84 Å². The SMILES string of the molecule is CCOc1cc(C2=NCCN2C)ccc1OC(C)C. The van der Waals surface area contributed by atoms with Gasteiger partial charge < -0.3 is 14.4 Å². The smallest absolute Gasteiger partial charge is 0.161 e. The number of aliphatic imine (C=N–C) groups is 1. The lowest BCUT2D eigenvalue weighted by Crippen LogP contribution is -2.23. The molecule has 19 heavy (non-hydrogen) atoms. The molecular formula is C15H22N2O2. The van der Waals surface area contributed by atoms with Gasteiger partial charge in [-0.15, -0.1) is 0 Å². The fraction of sp³-hybridized carbons (Fsp3) is 0.533. The molecule has 1 aliphatic rings. The van der Waals surface area contributed by atoms with Crippen molar-refractivity contribution in [2.24, 2.45) is 4.99 Å². The molecule has 1 aromatic carbocycles. The predicted octanol–water partition coefficient (Wildman–Crippen LogP) is 2.56. The van der Waals surface area contributed by atoms with Crippen molar-refractivity contribution in [3.63, 3.8) is 0 Å². The highest BCUT2D eigenvalue weighted by molar-refractivity contribution is 6.00. The van der Waals surface area contributed by atoms with Crippen LogP contribution in [0.25, 0.3) is 0 Å². The molecule has 0 aliphatic carbocycles. The molecule has 0 atom stereocenters. The van der Waals surface area contributed by atoms with Crippen molar-refractivity contribution in [1.29, 1.82) is 0 Å². The Hall–Kier alpha value is -1.71.